The molecule has 0 unspecified atom stereocenters. The maximum atomic E-state index is 13.4. The molecule has 2 heterocycles. The molecule has 0 aliphatic heterocycles. The summed E-state index contributed by atoms with van der Waals surface area (Å²) in [6.07, 6.45) is -2.34. The number of aromatic nitrogens is 4. The van der Waals surface area contributed by atoms with Crippen molar-refractivity contribution in [3.05, 3.63) is 71.8 Å². The number of rotatable bonds is 5. The zero-order valence-electron chi connectivity index (χ0n) is 17.9. The van der Waals surface area contributed by atoms with Gasteiger partial charge in [-0.15, -0.1) is 0 Å². The van der Waals surface area contributed by atoms with Gasteiger partial charge in [0, 0.05) is 23.3 Å². The van der Waals surface area contributed by atoms with E-state index in [9.17, 15) is 17.6 Å². The number of halogens is 4. The molecular formula is C23H19F4N5O. The van der Waals surface area contributed by atoms with Crippen molar-refractivity contribution in [2.45, 2.75) is 26.1 Å². The molecular weight excluding hydrogens is 438 g/mol. The molecule has 0 fully saturated rings. The molecule has 170 valence electrons. The predicted molar refractivity (Wildman–Crippen MR) is 115 cm³/mol. The summed E-state index contributed by atoms with van der Waals surface area (Å²) in [4.78, 5) is 15.8. The second-order valence-electron chi connectivity index (χ2n) is 7.40. The van der Waals surface area contributed by atoms with Gasteiger partial charge in [-0.2, -0.15) is 13.2 Å². The Labute approximate surface area is 186 Å². The lowest BCUT2D eigenvalue weighted by Gasteiger charge is -2.18. The first-order chi connectivity index (χ1) is 15.7. The van der Waals surface area contributed by atoms with Crippen LogP contribution in [0.3, 0.4) is 0 Å². The number of ether oxygens (including phenoxy) is 1. The monoisotopic (exact) mass is 457 g/mol. The van der Waals surface area contributed by atoms with Crippen molar-refractivity contribution >= 4 is 16.7 Å². The molecule has 2 aromatic carbocycles. The van der Waals surface area contributed by atoms with E-state index < -0.39 is 18.0 Å². The molecule has 0 saturated heterocycles. The number of alkyl halides is 3. The minimum atomic E-state index is -4.61. The van der Waals surface area contributed by atoms with Gasteiger partial charge in [0.25, 0.3) is 0 Å². The van der Waals surface area contributed by atoms with Crippen molar-refractivity contribution in [2.24, 2.45) is 0 Å². The van der Waals surface area contributed by atoms with E-state index in [2.05, 4.69) is 25.3 Å². The molecule has 0 spiro atoms. The largest absolute Gasteiger partial charge is 0.494 e. The summed E-state index contributed by atoms with van der Waals surface area (Å²) < 4.78 is 57.2. The summed E-state index contributed by atoms with van der Waals surface area (Å²) in [6, 6.07) is 9.24. The van der Waals surface area contributed by atoms with Crippen LogP contribution in [0, 0.1) is 12.7 Å². The van der Waals surface area contributed by atoms with Crippen molar-refractivity contribution in [3.8, 4) is 16.9 Å². The fraction of sp³-hybridized carbons (Fsp3) is 0.217. The normalized spacial score (nSPS) is 12.6. The molecule has 1 N–H and O–H groups in total. The Kier molecular flexibility index (Phi) is 5.84. The van der Waals surface area contributed by atoms with Crippen LogP contribution in [0.25, 0.3) is 22.0 Å². The number of fused-ring (bicyclic) bond motifs is 1. The van der Waals surface area contributed by atoms with E-state index >= 15 is 0 Å². The van der Waals surface area contributed by atoms with Crippen LogP contribution in [0.2, 0.25) is 0 Å². The third-order valence-electron chi connectivity index (χ3n) is 5.05. The van der Waals surface area contributed by atoms with Crippen LogP contribution in [0.4, 0.5) is 23.4 Å². The van der Waals surface area contributed by atoms with Gasteiger partial charge >= 0.3 is 6.18 Å². The average molecular weight is 457 g/mol. The molecule has 33 heavy (non-hydrogen) atoms. The zero-order chi connectivity index (χ0) is 23.8. The molecule has 4 aromatic rings. The lowest BCUT2D eigenvalue weighted by atomic mass is 10.0. The topological polar surface area (TPSA) is 72.8 Å². The molecule has 10 heteroatoms. The Morgan fingerprint density at radius 1 is 0.970 bits per heavy atom. The van der Waals surface area contributed by atoms with E-state index in [1.807, 2.05) is 6.07 Å². The van der Waals surface area contributed by atoms with Crippen LogP contribution in [0.5, 0.6) is 5.75 Å². The van der Waals surface area contributed by atoms with Gasteiger partial charge in [-0.25, -0.2) is 24.3 Å². The summed E-state index contributed by atoms with van der Waals surface area (Å²) >= 11 is 0. The van der Waals surface area contributed by atoms with E-state index in [1.165, 1.54) is 19.2 Å². The van der Waals surface area contributed by atoms with Crippen LogP contribution >= 0.6 is 0 Å². The Balaban J connectivity index is 1.76. The highest BCUT2D eigenvalue weighted by molar-refractivity contribution is 5.96. The fourth-order valence-electron chi connectivity index (χ4n) is 3.38. The summed E-state index contributed by atoms with van der Waals surface area (Å²) in [5.74, 6) is -0.0948. The number of nitrogens with zero attached hydrogens (tertiary/aromatic N) is 4. The lowest BCUT2D eigenvalue weighted by molar-refractivity contribution is -0.145. The second kappa shape index (κ2) is 8.61. The van der Waals surface area contributed by atoms with E-state index in [0.29, 0.717) is 33.9 Å². The van der Waals surface area contributed by atoms with Crippen molar-refractivity contribution in [1.82, 2.24) is 19.9 Å². The molecule has 0 aliphatic rings. The van der Waals surface area contributed by atoms with Gasteiger partial charge in [0.15, 0.2) is 0 Å². The third-order valence-corrected chi connectivity index (χ3v) is 5.05. The molecule has 2 aromatic heterocycles. The molecule has 0 bridgehead atoms. The van der Waals surface area contributed by atoms with Crippen molar-refractivity contribution in [1.29, 1.82) is 0 Å². The van der Waals surface area contributed by atoms with E-state index in [1.54, 1.807) is 32.0 Å². The summed E-state index contributed by atoms with van der Waals surface area (Å²) in [5, 5.41) is 3.85. The van der Waals surface area contributed by atoms with Crippen molar-refractivity contribution in [2.75, 3.05) is 12.4 Å². The number of methoxy groups -OCH3 is 1. The van der Waals surface area contributed by atoms with E-state index in [4.69, 9.17) is 4.74 Å². The Morgan fingerprint density at radius 3 is 2.24 bits per heavy atom. The average Bonchev–Trinajstić information content (AvgIpc) is 2.78. The molecule has 4 rings (SSSR count). The van der Waals surface area contributed by atoms with Gasteiger partial charge < -0.3 is 10.1 Å². The SMILES string of the molecule is COc1cc(-c2ccc(F)cc2)cc2c(N[C@H](C)c3cnc(C(F)(F)F)nc3)nc(C)nc12. The molecule has 6 nitrogen and oxygen atoms in total. The number of anilines is 1. The molecule has 0 amide bonds. The van der Waals surface area contributed by atoms with Crippen LogP contribution in [0.1, 0.15) is 30.2 Å². The van der Waals surface area contributed by atoms with Gasteiger partial charge in [-0.1, -0.05) is 12.1 Å². The Bertz CT molecular complexity index is 1290. The zero-order valence-corrected chi connectivity index (χ0v) is 17.9. The first-order valence-corrected chi connectivity index (χ1v) is 9.93. The highest BCUT2D eigenvalue weighted by Crippen LogP contribution is 2.35. The quantitative estimate of drug-likeness (QED) is 0.386. The summed E-state index contributed by atoms with van der Waals surface area (Å²) in [7, 11) is 1.52. The van der Waals surface area contributed by atoms with Crippen LogP contribution < -0.4 is 10.1 Å². The summed E-state index contributed by atoms with van der Waals surface area (Å²) in [6.45, 7) is 3.49. The Hall–Kier alpha value is -3.82. The van der Waals surface area contributed by atoms with Gasteiger partial charge in [0.05, 0.1) is 13.2 Å². The fourth-order valence-corrected chi connectivity index (χ4v) is 3.38. The van der Waals surface area contributed by atoms with Crippen molar-refractivity contribution in [3.63, 3.8) is 0 Å². The van der Waals surface area contributed by atoms with Crippen molar-refractivity contribution < 1.29 is 22.3 Å². The first-order valence-electron chi connectivity index (χ1n) is 9.93. The highest BCUT2D eigenvalue weighted by atomic mass is 19.4. The minimum Gasteiger partial charge on any atom is -0.494 e. The second-order valence-corrected chi connectivity index (χ2v) is 7.40. The van der Waals surface area contributed by atoms with Crippen LogP contribution in [-0.4, -0.2) is 27.0 Å². The van der Waals surface area contributed by atoms with Gasteiger partial charge in [-0.3, -0.25) is 0 Å². The molecule has 0 aliphatic carbocycles. The minimum absolute atomic E-state index is 0.347. The maximum Gasteiger partial charge on any atom is 0.451 e. The van der Waals surface area contributed by atoms with Gasteiger partial charge in [0.1, 0.15) is 28.7 Å². The first kappa shape index (κ1) is 22.4. The van der Waals surface area contributed by atoms with Crippen LogP contribution in [0.15, 0.2) is 48.8 Å². The lowest BCUT2D eigenvalue weighted by Crippen LogP contribution is -2.14. The smallest absolute Gasteiger partial charge is 0.451 e. The van der Waals surface area contributed by atoms with Gasteiger partial charge in [0.2, 0.25) is 5.82 Å². The third kappa shape index (κ3) is 4.69. The van der Waals surface area contributed by atoms with Crippen LogP contribution in [-0.2, 0) is 6.18 Å². The molecule has 0 saturated carbocycles. The van der Waals surface area contributed by atoms with E-state index in [-0.39, 0.29) is 5.82 Å². The number of nitrogens with one attached hydrogen (secondary N) is 1. The number of hydrogen-bond acceptors (Lipinski definition) is 6. The summed E-state index contributed by atoms with van der Waals surface area (Å²) in [5.41, 5.74) is 2.55. The molecule has 0 radical (unpaired) electrons. The van der Waals surface area contributed by atoms with E-state index in [0.717, 1.165) is 23.5 Å². The Morgan fingerprint density at radius 2 is 1.64 bits per heavy atom. The maximum absolute atomic E-state index is 13.4. The number of aryl methyl sites for hydroxylation is 1. The predicted octanol–water partition coefficient (Wildman–Crippen LogP) is 5.73. The molecule has 1 atom stereocenters. The highest BCUT2D eigenvalue weighted by Gasteiger charge is 2.34. The standard InChI is InChI=1S/C23H19F4N5O/c1-12(16-10-28-22(29-11-16)23(25,26)27)30-21-18-8-15(14-4-6-17(24)7-5-14)9-19(33-3)20(18)31-13(2)32-21/h4-12H,1-3H3,(H,30,31,32)/t12-/m1/s1. The number of hydrogen-bond donors (Lipinski definition) is 1. The van der Waals surface area contributed by atoms with Gasteiger partial charge in [-0.05, 0) is 49.2 Å². The number of benzene rings is 2.